The molecule has 0 rings (SSSR count). The zero-order valence-corrected chi connectivity index (χ0v) is 12.5. The third kappa shape index (κ3) is 10.7. The van der Waals surface area contributed by atoms with Crippen LogP contribution in [0.4, 0.5) is 0 Å². The highest BCUT2D eigenvalue weighted by Gasteiger charge is 2.25. The second-order valence-corrected chi connectivity index (χ2v) is 6.91. The van der Waals surface area contributed by atoms with Crippen LogP contribution in [-0.4, -0.2) is 29.3 Å². The van der Waals surface area contributed by atoms with Gasteiger partial charge in [0.05, 0.1) is 10.7 Å². The van der Waals surface area contributed by atoms with E-state index in [-0.39, 0.29) is 5.75 Å². The van der Waals surface area contributed by atoms with Crippen molar-refractivity contribution in [1.29, 1.82) is 0 Å². The second-order valence-electron chi connectivity index (χ2n) is 4.97. The highest BCUT2D eigenvalue weighted by Crippen LogP contribution is 2.09. The first kappa shape index (κ1) is 16.8. The van der Waals surface area contributed by atoms with Crippen LogP contribution in [0, 0.1) is 0 Å². The monoisotopic (exact) mass is 281 g/mol. The smallest absolute Gasteiger partial charge is 0.267 e. The van der Waals surface area contributed by atoms with Gasteiger partial charge in [-0.15, -0.1) is 0 Å². The fraction of sp³-hybridized carbons (Fsp3) is 0.909. The number of nitrogens with one attached hydrogen (secondary N) is 1. The van der Waals surface area contributed by atoms with Crippen LogP contribution < -0.4 is 5.32 Å². The van der Waals surface area contributed by atoms with Gasteiger partial charge in [0.1, 0.15) is 0 Å². The van der Waals surface area contributed by atoms with E-state index in [9.17, 15) is 8.42 Å². The van der Waals surface area contributed by atoms with Crippen LogP contribution in [0.25, 0.3) is 0 Å². The summed E-state index contributed by atoms with van der Waals surface area (Å²) in [6.07, 6.45) is 5.29. The predicted octanol–water partition coefficient (Wildman–Crippen LogP) is 2.54. The van der Waals surface area contributed by atoms with Gasteiger partial charge in [-0.2, -0.15) is 8.42 Å². The van der Waals surface area contributed by atoms with Crippen LogP contribution in [0.3, 0.4) is 0 Å². The average molecular weight is 281 g/mol. The molecule has 0 aromatic carbocycles. The quantitative estimate of drug-likeness (QED) is 0.406. The van der Waals surface area contributed by atoms with E-state index in [2.05, 4.69) is 12.2 Å². The van der Waals surface area contributed by atoms with Gasteiger partial charge in [-0.3, -0.25) is 4.55 Å². The van der Waals surface area contributed by atoms with E-state index < -0.39 is 15.7 Å². The summed E-state index contributed by atoms with van der Waals surface area (Å²) in [5.41, 5.74) is -0.727. The van der Waals surface area contributed by atoms with Crippen LogP contribution in [0.15, 0.2) is 0 Å². The van der Waals surface area contributed by atoms with Crippen molar-refractivity contribution in [2.45, 2.75) is 58.4 Å². The molecule has 2 N–H and O–H groups in total. The first-order chi connectivity index (χ1) is 7.66. The highest BCUT2D eigenvalue weighted by molar-refractivity contribution is 7.85. The van der Waals surface area contributed by atoms with Crippen molar-refractivity contribution in [2.24, 2.45) is 0 Å². The molecule has 0 radical (unpaired) electrons. The number of hydrogen-bond donors (Lipinski definition) is 2. The van der Waals surface area contributed by atoms with E-state index >= 15 is 0 Å². The third-order valence-corrected chi connectivity index (χ3v) is 3.67. The third-order valence-electron chi connectivity index (χ3n) is 2.28. The van der Waals surface area contributed by atoms with E-state index in [4.69, 9.17) is 16.8 Å². The summed E-state index contributed by atoms with van der Waals surface area (Å²) in [5, 5.41) is 2.98. The van der Waals surface area contributed by atoms with Gasteiger partial charge in [-0.05, 0) is 26.7 Å². The minimum atomic E-state index is -3.98. The molecule has 6 heteroatoms. The summed E-state index contributed by atoms with van der Waals surface area (Å²) >= 11 is 5.15. The maximum absolute atomic E-state index is 10.8. The van der Waals surface area contributed by atoms with E-state index in [1.54, 1.807) is 13.8 Å². The molecule has 0 saturated heterocycles. The van der Waals surface area contributed by atoms with Crippen molar-refractivity contribution in [2.75, 3.05) is 5.75 Å². The minimum Gasteiger partial charge on any atom is -0.374 e. The van der Waals surface area contributed by atoms with Crippen LogP contribution in [0.1, 0.15) is 52.9 Å². The summed E-state index contributed by atoms with van der Waals surface area (Å²) in [7, 11) is -3.98. The van der Waals surface area contributed by atoms with Gasteiger partial charge < -0.3 is 5.32 Å². The standard InChI is InChI=1S/C11H23NO3S2/c1-4-5-6-7-8-10(16)12-11(2,3)9-17(13,14)15/h4-9H2,1-3H3,(H,12,16)(H,13,14,15). The molecule has 0 fully saturated rings. The maximum Gasteiger partial charge on any atom is 0.267 e. The fourth-order valence-electron chi connectivity index (χ4n) is 1.64. The van der Waals surface area contributed by atoms with E-state index in [1.165, 1.54) is 12.8 Å². The summed E-state index contributed by atoms with van der Waals surface area (Å²) in [5.74, 6) is -0.338. The molecular formula is C11H23NO3S2. The van der Waals surface area contributed by atoms with Gasteiger partial charge in [0.2, 0.25) is 0 Å². The van der Waals surface area contributed by atoms with E-state index in [0.29, 0.717) is 4.99 Å². The first-order valence-electron chi connectivity index (χ1n) is 5.92. The summed E-state index contributed by atoms with van der Waals surface area (Å²) < 4.78 is 30.4. The Morgan fingerprint density at radius 2 is 1.88 bits per heavy atom. The van der Waals surface area contributed by atoms with Gasteiger partial charge in [0, 0.05) is 5.54 Å². The number of unbranched alkanes of at least 4 members (excludes halogenated alkanes) is 3. The zero-order valence-electron chi connectivity index (χ0n) is 10.8. The SMILES string of the molecule is CCCCCCC(=S)NC(C)(C)CS(=O)(=O)O. The topological polar surface area (TPSA) is 66.4 Å². The van der Waals surface area contributed by atoms with Gasteiger partial charge in [0.25, 0.3) is 10.1 Å². The van der Waals surface area contributed by atoms with Crippen molar-refractivity contribution in [3.8, 4) is 0 Å². The van der Waals surface area contributed by atoms with Crippen molar-refractivity contribution < 1.29 is 13.0 Å². The Balaban J connectivity index is 4.01. The molecule has 0 aromatic rings. The lowest BCUT2D eigenvalue weighted by Gasteiger charge is -2.26. The summed E-state index contributed by atoms with van der Waals surface area (Å²) in [4.78, 5) is 0.662. The van der Waals surface area contributed by atoms with Gasteiger partial charge >= 0.3 is 0 Å². The molecule has 0 bridgehead atoms. The molecule has 0 aliphatic carbocycles. The Morgan fingerprint density at radius 1 is 1.29 bits per heavy atom. The molecule has 0 atom stereocenters. The number of rotatable bonds is 8. The molecule has 0 aliphatic rings. The van der Waals surface area contributed by atoms with Crippen molar-refractivity contribution in [1.82, 2.24) is 5.32 Å². The Labute approximate surface area is 110 Å². The molecule has 4 nitrogen and oxygen atoms in total. The second kappa shape index (κ2) is 7.28. The lowest BCUT2D eigenvalue weighted by atomic mass is 10.1. The van der Waals surface area contributed by atoms with Crippen LogP contribution in [0.5, 0.6) is 0 Å². The largest absolute Gasteiger partial charge is 0.374 e. The summed E-state index contributed by atoms with van der Waals surface area (Å²) in [6, 6.07) is 0. The fourth-order valence-corrected chi connectivity index (χ4v) is 3.05. The predicted molar refractivity (Wildman–Crippen MR) is 75.0 cm³/mol. The van der Waals surface area contributed by atoms with Crippen LogP contribution >= 0.6 is 12.2 Å². The maximum atomic E-state index is 10.8. The number of hydrogen-bond acceptors (Lipinski definition) is 3. The van der Waals surface area contributed by atoms with E-state index in [1.807, 2.05) is 0 Å². The normalized spacial score (nSPS) is 12.5. The molecule has 17 heavy (non-hydrogen) atoms. The molecule has 0 amide bonds. The molecule has 102 valence electrons. The Bertz CT molecular complexity index is 337. The molecule has 0 spiro atoms. The van der Waals surface area contributed by atoms with Gasteiger partial charge in [0.15, 0.2) is 0 Å². The highest BCUT2D eigenvalue weighted by atomic mass is 32.2. The summed E-state index contributed by atoms with van der Waals surface area (Å²) in [6.45, 7) is 5.56. The van der Waals surface area contributed by atoms with Gasteiger partial charge in [-0.25, -0.2) is 0 Å². The average Bonchev–Trinajstić information content (AvgIpc) is 2.07. The Hall–Kier alpha value is -0.200. The molecular weight excluding hydrogens is 258 g/mol. The Morgan fingerprint density at radius 3 is 2.35 bits per heavy atom. The minimum absolute atomic E-state index is 0.338. The van der Waals surface area contributed by atoms with Crippen molar-refractivity contribution in [3.63, 3.8) is 0 Å². The van der Waals surface area contributed by atoms with Gasteiger partial charge in [-0.1, -0.05) is 38.4 Å². The molecule has 0 aromatic heterocycles. The lowest BCUT2D eigenvalue weighted by Crippen LogP contribution is -2.47. The Kier molecular flexibility index (Phi) is 7.20. The zero-order chi connectivity index (χ0) is 13.5. The first-order valence-corrected chi connectivity index (χ1v) is 7.94. The molecule has 0 saturated carbocycles. The van der Waals surface area contributed by atoms with Crippen LogP contribution in [-0.2, 0) is 10.1 Å². The van der Waals surface area contributed by atoms with Crippen molar-refractivity contribution >= 4 is 27.3 Å². The molecule has 0 heterocycles. The van der Waals surface area contributed by atoms with E-state index in [0.717, 1.165) is 19.3 Å². The lowest BCUT2D eigenvalue weighted by molar-refractivity contribution is 0.444. The number of thiocarbonyl (C=S) groups is 1. The van der Waals surface area contributed by atoms with Crippen LogP contribution in [0.2, 0.25) is 0 Å². The molecule has 0 aliphatic heterocycles. The van der Waals surface area contributed by atoms with Crippen molar-refractivity contribution in [3.05, 3.63) is 0 Å². The molecule has 0 unspecified atom stereocenters.